The van der Waals surface area contributed by atoms with Gasteiger partial charge in [-0.25, -0.2) is 4.98 Å². The van der Waals surface area contributed by atoms with Gasteiger partial charge in [-0.1, -0.05) is 0 Å². The molecule has 1 rings (SSSR count). The predicted octanol–water partition coefficient (Wildman–Crippen LogP) is -0.0678. The Morgan fingerprint density at radius 2 is 2.18 bits per heavy atom. The van der Waals surface area contributed by atoms with E-state index in [0.29, 0.717) is 5.82 Å². The maximum atomic E-state index is 11.5. The van der Waals surface area contributed by atoms with E-state index in [2.05, 4.69) is 15.4 Å². The number of carboxylic acid groups (broad SMARTS) is 1. The van der Waals surface area contributed by atoms with Crippen LogP contribution < -0.4 is 5.32 Å². The SMILES string of the molecule is Cn1cnc(CNC(=O)CC(C)(C)C(=O)O)n1. The first kappa shape index (κ1) is 13.1. The lowest BCUT2D eigenvalue weighted by Crippen LogP contribution is -2.33. The monoisotopic (exact) mass is 240 g/mol. The third-order valence-electron chi connectivity index (χ3n) is 2.27. The maximum Gasteiger partial charge on any atom is 0.309 e. The van der Waals surface area contributed by atoms with Crippen molar-refractivity contribution in [3.63, 3.8) is 0 Å². The van der Waals surface area contributed by atoms with E-state index in [1.165, 1.54) is 24.9 Å². The molecular weight excluding hydrogens is 224 g/mol. The fraction of sp³-hybridized carbons (Fsp3) is 0.600. The third-order valence-corrected chi connectivity index (χ3v) is 2.27. The average Bonchev–Trinajstić information content (AvgIpc) is 2.60. The van der Waals surface area contributed by atoms with E-state index in [9.17, 15) is 9.59 Å². The zero-order valence-electron chi connectivity index (χ0n) is 10.1. The van der Waals surface area contributed by atoms with Crippen LogP contribution in [0.5, 0.6) is 0 Å². The molecule has 0 bridgehead atoms. The van der Waals surface area contributed by atoms with Crippen LogP contribution in [0.3, 0.4) is 0 Å². The van der Waals surface area contributed by atoms with Crippen LogP contribution in [-0.4, -0.2) is 31.7 Å². The van der Waals surface area contributed by atoms with Crippen molar-refractivity contribution in [3.05, 3.63) is 12.2 Å². The third kappa shape index (κ3) is 3.86. The summed E-state index contributed by atoms with van der Waals surface area (Å²) in [4.78, 5) is 26.3. The smallest absolute Gasteiger partial charge is 0.309 e. The number of hydrogen-bond donors (Lipinski definition) is 2. The molecule has 17 heavy (non-hydrogen) atoms. The topological polar surface area (TPSA) is 97.1 Å². The molecule has 1 aromatic heterocycles. The zero-order valence-corrected chi connectivity index (χ0v) is 10.1. The van der Waals surface area contributed by atoms with E-state index in [1.54, 1.807) is 7.05 Å². The highest BCUT2D eigenvalue weighted by Gasteiger charge is 2.29. The number of aryl methyl sites for hydroxylation is 1. The lowest BCUT2D eigenvalue weighted by molar-refractivity contribution is -0.149. The number of nitrogens with zero attached hydrogens (tertiary/aromatic N) is 3. The molecule has 7 nitrogen and oxygen atoms in total. The van der Waals surface area contributed by atoms with Gasteiger partial charge < -0.3 is 10.4 Å². The van der Waals surface area contributed by atoms with E-state index >= 15 is 0 Å². The van der Waals surface area contributed by atoms with Gasteiger partial charge in [-0.3, -0.25) is 14.3 Å². The normalized spacial score (nSPS) is 11.2. The lowest BCUT2D eigenvalue weighted by Gasteiger charge is -2.17. The molecule has 94 valence electrons. The summed E-state index contributed by atoms with van der Waals surface area (Å²) in [5.41, 5.74) is -1.07. The summed E-state index contributed by atoms with van der Waals surface area (Å²) in [5.74, 6) is -0.831. The number of aromatic nitrogens is 3. The molecule has 0 atom stereocenters. The summed E-state index contributed by atoms with van der Waals surface area (Å²) in [6, 6.07) is 0. The van der Waals surface area contributed by atoms with E-state index in [4.69, 9.17) is 5.11 Å². The highest BCUT2D eigenvalue weighted by atomic mass is 16.4. The van der Waals surface area contributed by atoms with Crippen LogP contribution in [-0.2, 0) is 23.2 Å². The lowest BCUT2D eigenvalue weighted by atomic mass is 9.89. The number of hydrogen-bond acceptors (Lipinski definition) is 4. The van der Waals surface area contributed by atoms with Crippen LogP contribution in [0.4, 0.5) is 0 Å². The van der Waals surface area contributed by atoms with Crippen molar-refractivity contribution in [1.82, 2.24) is 20.1 Å². The van der Waals surface area contributed by atoms with Crippen LogP contribution >= 0.6 is 0 Å². The first-order valence-corrected chi connectivity index (χ1v) is 5.16. The molecule has 0 saturated carbocycles. The number of nitrogens with one attached hydrogen (secondary N) is 1. The number of amides is 1. The largest absolute Gasteiger partial charge is 0.481 e. The molecule has 7 heteroatoms. The van der Waals surface area contributed by atoms with Gasteiger partial charge in [-0.2, -0.15) is 5.10 Å². The fourth-order valence-electron chi connectivity index (χ4n) is 1.18. The molecule has 1 heterocycles. The van der Waals surface area contributed by atoms with Crippen LogP contribution in [0.1, 0.15) is 26.1 Å². The Morgan fingerprint density at radius 3 is 2.65 bits per heavy atom. The second-order valence-electron chi connectivity index (χ2n) is 4.48. The highest BCUT2D eigenvalue weighted by molar-refractivity contribution is 5.84. The number of carboxylic acids is 1. The Hall–Kier alpha value is -1.92. The van der Waals surface area contributed by atoms with Gasteiger partial charge in [-0.05, 0) is 13.8 Å². The summed E-state index contributed by atoms with van der Waals surface area (Å²) in [5, 5.41) is 15.4. The molecule has 0 spiro atoms. The first-order chi connectivity index (χ1) is 7.81. The molecule has 0 aliphatic rings. The number of aliphatic carboxylic acids is 1. The molecule has 0 unspecified atom stereocenters. The molecule has 0 saturated heterocycles. The van der Waals surface area contributed by atoms with Gasteiger partial charge in [0.15, 0.2) is 5.82 Å². The van der Waals surface area contributed by atoms with Gasteiger partial charge in [0.05, 0.1) is 12.0 Å². The van der Waals surface area contributed by atoms with Gasteiger partial charge in [0.2, 0.25) is 5.91 Å². The summed E-state index contributed by atoms with van der Waals surface area (Å²) in [6.07, 6.45) is 1.46. The number of carbonyl (C=O) groups excluding carboxylic acids is 1. The standard InChI is InChI=1S/C10H16N4O3/c1-10(2,9(16)17)4-8(15)11-5-7-12-6-14(3)13-7/h6H,4-5H2,1-3H3,(H,11,15)(H,16,17). The molecule has 0 aliphatic heterocycles. The van der Waals surface area contributed by atoms with E-state index < -0.39 is 11.4 Å². The van der Waals surface area contributed by atoms with Gasteiger partial charge in [0, 0.05) is 13.5 Å². The van der Waals surface area contributed by atoms with Gasteiger partial charge in [-0.15, -0.1) is 0 Å². The Bertz CT molecular complexity index is 425. The van der Waals surface area contributed by atoms with Crippen molar-refractivity contribution in [2.75, 3.05) is 0 Å². The number of carbonyl (C=O) groups is 2. The van der Waals surface area contributed by atoms with Crippen LogP contribution in [0.25, 0.3) is 0 Å². The van der Waals surface area contributed by atoms with Gasteiger partial charge in [0.1, 0.15) is 6.33 Å². The molecule has 0 aliphatic carbocycles. The Balaban J connectivity index is 2.43. The van der Waals surface area contributed by atoms with Crippen molar-refractivity contribution in [1.29, 1.82) is 0 Å². The molecule has 2 N–H and O–H groups in total. The maximum absolute atomic E-state index is 11.5. The minimum absolute atomic E-state index is 0.0742. The Morgan fingerprint density at radius 1 is 1.53 bits per heavy atom. The Labute approximate surface area is 98.8 Å². The van der Waals surface area contributed by atoms with E-state index in [-0.39, 0.29) is 18.9 Å². The number of rotatable bonds is 5. The average molecular weight is 240 g/mol. The summed E-state index contributed by atoms with van der Waals surface area (Å²) >= 11 is 0. The predicted molar refractivity (Wildman–Crippen MR) is 58.9 cm³/mol. The van der Waals surface area contributed by atoms with Crippen LogP contribution in [0.2, 0.25) is 0 Å². The zero-order chi connectivity index (χ0) is 13.1. The summed E-state index contributed by atoms with van der Waals surface area (Å²) in [6.45, 7) is 3.22. The van der Waals surface area contributed by atoms with Crippen molar-refractivity contribution in [3.8, 4) is 0 Å². The van der Waals surface area contributed by atoms with Gasteiger partial charge in [0.25, 0.3) is 0 Å². The summed E-state index contributed by atoms with van der Waals surface area (Å²) in [7, 11) is 1.73. The highest BCUT2D eigenvalue weighted by Crippen LogP contribution is 2.19. The van der Waals surface area contributed by atoms with Crippen LogP contribution in [0.15, 0.2) is 6.33 Å². The van der Waals surface area contributed by atoms with Crippen molar-refractivity contribution >= 4 is 11.9 Å². The van der Waals surface area contributed by atoms with Crippen molar-refractivity contribution < 1.29 is 14.7 Å². The van der Waals surface area contributed by atoms with Crippen molar-refractivity contribution in [2.24, 2.45) is 12.5 Å². The molecular formula is C10H16N4O3. The molecule has 0 fully saturated rings. The quantitative estimate of drug-likeness (QED) is 0.751. The van der Waals surface area contributed by atoms with E-state index in [1.807, 2.05) is 0 Å². The van der Waals surface area contributed by atoms with Gasteiger partial charge >= 0.3 is 5.97 Å². The van der Waals surface area contributed by atoms with E-state index in [0.717, 1.165) is 0 Å². The second kappa shape index (κ2) is 4.94. The second-order valence-corrected chi connectivity index (χ2v) is 4.48. The molecule has 0 radical (unpaired) electrons. The Kier molecular flexibility index (Phi) is 3.82. The summed E-state index contributed by atoms with van der Waals surface area (Å²) < 4.78 is 1.53. The van der Waals surface area contributed by atoms with Crippen LogP contribution in [0, 0.1) is 5.41 Å². The molecule has 0 aromatic carbocycles. The van der Waals surface area contributed by atoms with Crippen molar-refractivity contribution in [2.45, 2.75) is 26.8 Å². The minimum Gasteiger partial charge on any atom is -0.481 e. The molecule has 1 amide bonds. The first-order valence-electron chi connectivity index (χ1n) is 5.16. The minimum atomic E-state index is -1.07. The fourth-order valence-corrected chi connectivity index (χ4v) is 1.18. The molecule has 1 aromatic rings.